The Morgan fingerprint density at radius 2 is 2.10 bits per heavy atom. The quantitative estimate of drug-likeness (QED) is 0.445. The lowest BCUT2D eigenvalue weighted by Crippen LogP contribution is -2.33. The van der Waals surface area contributed by atoms with Crippen LogP contribution in [0, 0.1) is 10.1 Å². The van der Waals surface area contributed by atoms with Crippen LogP contribution in [0.1, 0.15) is 6.23 Å². The Labute approximate surface area is 116 Å². The van der Waals surface area contributed by atoms with Crippen molar-refractivity contribution in [2.45, 2.75) is 24.5 Å². The Kier molecular flexibility index (Phi) is 3.25. The minimum atomic E-state index is -1.33. The maximum Gasteiger partial charge on any atom is 0.395 e. The number of aromatic nitrogens is 4. The third kappa shape index (κ3) is 2.03. The van der Waals surface area contributed by atoms with Gasteiger partial charge in [-0.05, 0) is 9.91 Å². The van der Waals surface area contributed by atoms with E-state index in [9.17, 15) is 20.3 Å². The van der Waals surface area contributed by atoms with Crippen LogP contribution in [0.3, 0.4) is 0 Å². The number of nitrogens with zero attached hydrogens (tertiary/aromatic N) is 5. The highest BCUT2D eigenvalue weighted by atomic mass is 16.6. The minimum Gasteiger partial charge on any atom is -0.394 e. The van der Waals surface area contributed by atoms with Gasteiger partial charge in [0.2, 0.25) is 11.8 Å². The highest BCUT2D eigenvalue weighted by Gasteiger charge is 2.44. The Balaban J connectivity index is 2.06. The number of aliphatic hydroxyl groups is 3. The van der Waals surface area contributed by atoms with E-state index < -0.39 is 41.9 Å². The topological polar surface area (TPSA) is 157 Å². The number of nitro groups is 1. The first-order chi connectivity index (χ1) is 10.0. The molecular formula is C10H11N5O6. The van der Waals surface area contributed by atoms with Gasteiger partial charge in [0.05, 0.1) is 12.9 Å². The van der Waals surface area contributed by atoms with E-state index in [2.05, 4.69) is 15.0 Å². The van der Waals surface area contributed by atoms with Gasteiger partial charge in [0, 0.05) is 0 Å². The number of hydrogen-bond donors (Lipinski definition) is 3. The van der Waals surface area contributed by atoms with Crippen molar-refractivity contribution in [1.29, 1.82) is 0 Å². The van der Waals surface area contributed by atoms with Crippen LogP contribution in [-0.2, 0) is 4.74 Å². The van der Waals surface area contributed by atoms with Crippen molar-refractivity contribution >= 4 is 17.0 Å². The summed E-state index contributed by atoms with van der Waals surface area (Å²) in [6.45, 7) is -0.476. The van der Waals surface area contributed by atoms with Crippen LogP contribution in [0.4, 0.5) is 5.82 Å². The Morgan fingerprint density at radius 1 is 1.33 bits per heavy atom. The van der Waals surface area contributed by atoms with Gasteiger partial charge in [-0.3, -0.25) is 4.57 Å². The second-order valence-electron chi connectivity index (χ2n) is 4.51. The number of rotatable bonds is 3. The van der Waals surface area contributed by atoms with Gasteiger partial charge in [-0.2, -0.15) is 4.98 Å². The summed E-state index contributed by atoms with van der Waals surface area (Å²) in [4.78, 5) is 21.5. The molecule has 0 unspecified atom stereocenters. The summed E-state index contributed by atoms with van der Waals surface area (Å²) < 4.78 is 6.59. The molecule has 0 bridgehead atoms. The third-order valence-electron chi connectivity index (χ3n) is 3.30. The molecule has 0 aliphatic carbocycles. The van der Waals surface area contributed by atoms with E-state index in [-0.39, 0.29) is 11.2 Å². The van der Waals surface area contributed by atoms with Crippen molar-refractivity contribution in [2.24, 2.45) is 0 Å². The molecule has 0 radical (unpaired) electrons. The maximum absolute atomic E-state index is 10.9. The van der Waals surface area contributed by atoms with Gasteiger partial charge in [-0.15, -0.1) is 0 Å². The standard InChI is InChI=1S/C10H11N5O6/c16-1-4-6(17)7(18)10(21-4)14-3-13-5-8(14)11-2-12-9(5)15(19)20/h2-4,6-7,10,16-18H,1H2/t4-,6-,7+,10-/m1/s1. The first kappa shape index (κ1) is 13.8. The lowest BCUT2D eigenvalue weighted by molar-refractivity contribution is -0.387. The largest absolute Gasteiger partial charge is 0.395 e. The zero-order valence-corrected chi connectivity index (χ0v) is 10.5. The molecule has 3 heterocycles. The van der Waals surface area contributed by atoms with Gasteiger partial charge in [-0.25, -0.2) is 4.98 Å². The first-order valence-electron chi connectivity index (χ1n) is 5.99. The molecule has 2 aromatic rings. The monoisotopic (exact) mass is 297 g/mol. The van der Waals surface area contributed by atoms with E-state index in [1.165, 1.54) is 10.9 Å². The molecule has 1 aliphatic rings. The first-order valence-corrected chi connectivity index (χ1v) is 5.99. The fourth-order valence-corrected chi connectivity index (χ4v) is 2.27. The lowest BCUT2D eigenvalue weighted by atomic mass is 10.1. The van der Waals surface area contributed by atoms with E-state index >= 15 is 0 Å². The predicted molar refractivity (Wildman–Crippen MR) is 65.0 cm³/mol. The fraction of sp³-hybridized carbons (Fsp3) is 0.500. The third-order valence-corrected chi connectivity index (χ3v) is 3.30. The van der Waals surface area contributed by atoms with Gasteiger partial charge in [0.1, 0.15) is 18.3 Å². The van der Waals surface area contributed by atoms with Gasteiger partial charge < -0.3 is 30.2 Å². The van der Waals surface area contributed by atoms with E-state index in [0.717, 1.165) is 6.33 Å². The fourth-order valence-electron chi connectivity index (χ4n) is 2.27. The second-order valence-corrected chi connectivity index (χ2v) is 4.51. The summed E-state index contributed by atoms with van der Waals surface area (Å²) in [5.41, 5.74) is 0.0341. The molecule has 11 heteroatoms. The molecule has 1 aliphatic heterocycles. The van der Waals surface area contributed by atoms with E-state index in [4.69, 9.17) is 9.84 Å². The van der Waals surface area contributed by atoms with Crippen LogP contribution < -0.4 is 0 Å². The van der Waals surface area contributed by atoms with Gasteiger partial charge in [0.15, 0.2) is 11.9 Å². The smallest absolute Gasteiger partial charge is 0.394 e. The Morgan fingerprint density at radius 3 is 2.71 bits per heavy atom. The molecule has 0 aromatic carbocycles. The van der Waals surface area contributed by atoms with Crippen molar-refractivity contribution in [2.75, 3.05) is 6.61 Å². The van der Waals surface area contributed by atoms with Crippen molar-refractivity contribution in [3.05, 3.63) is 22.8 Å². The number of imidazole rings is 1. The summed E-state index contributed by atoms with van der Waals surface area (Å²) in [5.74, 6) is -0.467. The Hall–Kier alpha value is -2.21. The summed E-state index contributed by atoms with van der Waals surface area (Å²) in [6, 6.07) is 0. The molecule has 0 spiro atoms. The second kappa shape index (κ2) is 4.96. The normalized spacial score (nSPS) is 29.1. The molecule has 112 valence electrons. The highest BCUT2D eigenvalue weighted by Crippen LogP contribution is 2.32. The number of fused-ring (bicyclic) bond motifs is 1. The molecule has 3 N–H and O–H groups in total. The van der Waals surface area contributed by atoms with Crippen LogP contribution in [0.2, 0.25) is 0 Å². The average Bonchev–Trinajstić information content (AvgIpc) is 3.01. The molecule has 11 nitrogen and oxygen atoms in total. The number of aliphatic hydroxyl groups excluding tert-OH is 3. The van der Waals surface area contributed by atoms with E-state index in [0.29, 0.717) is 0 Å². The van der Waals surface area contributed by atoms with E-state index in [1.54, 1.807) is 0 Å². The van der Waals surface area contributed by atoms with Crippen LogP contribution in [0.5, 0.6) is 0 Å². The molecule has 1 fully saturated rings. The van der Waals surface area contributed by atoms with Crippen LogP contribution in [-0.4, -0.2) is 64.7 Å². The molecule has 3 rings (SSSR count). The zero-order valence-electron chi connectivity index (χ0n) is 10.5. The maximum atomic E-state index is 10.9. The molecular weight excluding hydrogens is 286 g/mol. The lowest BCUT2D eigenvalue weighted by Gasteiger charge is -2.16. The molecule has 4 atom stereocenters. The number of hydrogen-bond acceptors (Lipinski definition) is 9. The Bertz CT molecular complexity index is 690. The van der Waals surface area contributed by atoms with Crippen LogP contribution in [0.25, 0.3) is 11.2 Å². The summed E-state index contributed by atoms with van der Waals surface area (Å²) in [5, 5.41) is 39.6. The molecule has 0 amide bonds. The summed E-state index contributed by atoms with van der Waals surface area (Å²) in [6.07, 6.45) is -2.43. The van der Waals surface area contributed by atoms with Gasteiger partial charge >= 0.3 is 5.82 Å². The van der Waals surface area contributed by atoms with Crippen LogP contribution in [0.15, 0.2) is 12.7 Å². The number of ether oxygens (including phenoxy) is 1. The predicted octanol–water partition coefficient (Wildman–Crippen LogP) is -1.65. The molecule has 1 saturated heterocycles. The van der Waals surface area contributed by atoms with E-state index in [1.807, 2.05) is 0 Å². The van der Waals surface area contributed by atoms with Crippen molar-refractivity contribution < 1.29 is 25.0 Å². The highest BCUT2D eigenvalue weighted by molar-refractivity contribution is 5.78. The van der Waals surface area contributed by atoms with Crippen molar-refractivity contribution in [1.82, 2.24) is 19.5 Å². The van der Waals surface area contributed by atoms with Gasteiger partial charge in [0.25, 0.3) is 0 Å². The minimum absolute atomic E-state index is 0.0553. The average molecular weight is 297 g/mol. The SMILES string of the molecule is O=[N+]([O-])c1ncnc2c1ncn2[C@@H]1O[C@H](CO)[C@@H](O)[C@@H]1O. The zero-order chi connectivity index (χ0) is 15.1. The van der Waals surface area contributed by atoms with Crippen molar-refractivity contribution in [3.8, 4) is 0 Å². The molecule has 0 saturated carbocycles. The van der Waals surface area contributed by atoms with Gasteiger partial charge in [-0.1, -0.05) is 0 Å². The van der Waals surface area contributed by atoms with Crippen LogP contribution >= 0.6 is 0 Å². The summed E-state index contributed by atoms with van der Waals surface area (Å²) >= 11 is 0. The molecule has 2 aromatic heterocycles. The summed E-state index contributed by atoms with van der Waals surface area (Å²) in [7, 11) is 0. The van der Waals surface area contributed by atoms with Crippen molar-refractivity contribution in [3.63, 3.8) is 0 Å². The molecule has 21 heavy (non-hydrogen) atoms.